The van der Waals surface area contributed by atoms with Gasteiger partial charge in [-0.15, -0.1) is 0 Å². The van der Waals surface area contributed by atoms with Crippen molar-refractivity contribution in [3.05, 3.63) is 0 Å². The molecular formula is C15H26N2O3S. The second-order valence-corrected chi connectivity index (χ2v) is 9.26. The maximum atomic E-state index is 12.5. The lowest BCUT2D eigenvalue weighted by Crippen LogP contribution is -2.47. The third-order valence-corrected chi connectivity index (χ3v) is 7.28. The number of amides is 1. The van der Waals surface area contributed by atoms with Crippen molar-refractivity contribution in [1.29, 1.82) is 0 Å². The summed E-state index contributed by atoms with van der Waals surface area (Å²) in [5.41, 5.74) is 0. The predicted octanol–water partition coefficient (Wildman–Crippen LogP) is 0.658. The lowest BCUT2D eigenvalue weighted by molar-refractivity contribution is -0.133. The van der Waals surface area contributed by atoms with Gasteiger partial charge in [0.05, 0.1) is 11.5 Å². The fourth-order valence-corrected chi connectivity index (χ4v) is 5.96. The lowest BCUT2D eigenvalue weighted by Gasteiger charge is -2.29. The Morgan fingerprint density at radius 2 is 2.10 bits per heavy atom. The van der Waals surface area contributed by atoms with Crippen molar-refractivity contribution < 1.29 is 13.2 Å². The Morgan fingerprint density at radius 3 is 2.81 bits per heavy atom. The predicted molar refractivity (Wildman–Crippen MR) is 81.6 cm³/mol. The SMILES string of the molecule is CNC1CS(=O)(=O)CCN(CC2CC3CCCC2C3)C1=O. The Balaban J connectivity index is 1.70. The molecule has 1 aliphatic heterocycles. The third-order valence-electron chi connectivity index (χ3n) is 5.63. The standard InChI is InChI=1S/C15H26N2O3S/c1-16-14-10-21(19,20)6-5-17(15(14)18)9-13-8-11-3-2-4-12(13)7-11/h11-14,16H,2-10H2,1H3. The molecule has 1 amide bonds. The first-order valence-corrected chi connectivity index (χ1v) is 9.97. The highest BCUT2D eigenvalue weighted by molar-refractivity contribution is 7.91. The average Bonchev–Trinajstić information content (AvgIpc) is 2.67. The molecule has 2 bridgehead atoms. The van der Waals surface area contributed by atoms with Gasteiger partial charge in [-0.1, -0.05) is 19.3 Å². The van der Waals surface area contributed by atoms with Crippen LogP contribution >= 0.6 is 0 Å². The van der Waals surface area contributed by atoms with Crippen LogP contribution < -0.4 is 5.32 Å². The number of nitrogens with zero attached hydrogens (tertiary/aromatic N) is 1. The minimum Gasteiger partial charge on any atom is -0.340 e. The van der Waals surface area contributed by atoms with Crippen LogP contribution in [0.4, 0.5) is 0 Å². The van der Waals surface area contributed by atoms with Crippen LogP contribution in [0, 0.1) is 17.8 Å². The minimum absolute atomic E-state index is 0.0278. The van der Waals surface area contributed by atoms with Crippen LogP contribution in [0.15, 0.2) is 0 Å². The van der Waals surface area contributed by atoms with E-state index in [0.29, 0.717) is 12.5 Å². The monoisotopic (exact) mass is 314 g/mol. The van der Waals surface area contributed by atoms with Crippen LogP contribution in [-0.2, 0) is 14.6 Å². The fourth-order valence-electron chi connectivity index (χ4n) is 4.48. The van der Waals surface area contributed by atoms with Gasteiger partial charge in [-0.2, -0.15) is 0 Å². The zero-order valence-corrected chi connectivity index (χ0v) is 13.6. The number of sulfone groups is 1. The van der Waals surface area contributed by atoms with Gasteiger partial charge in [0.15, 0.2) is 9.84 Å². The van der Waals surface area contributed by atoms with Crippen molar-refractivity contribution >= 4 is 15.7 Å². The summed E-state index contributed by atoms with van der Waals surface area (Å²) < 4.78 is 23.9. The molecule has 1 saturated heterocycles. The van der Waals surface area contributed by atoms with Crippen LogP contribution in [0.2, 0.25) is 0 Å². The highest BCUT2D eigenvalue weighted by Crippen LogP contribution is 2.46. The zero-order valence-electron chi connectivity index (χ0n) is 12.8. The van der Waals surface area contributed by atoms with E-state index in [9.17, 15) is 13.2 Å². The molecule has 2 saturated carbocycles. The molecule has 1 N–H and O–H groups in total. The fraction of sp³-hybridized carbons (Fsp3) is 0.933. The van der Waals surface area contributed by atoms with E-state index in [1.165, 1.54) is 32.1 Å². The molecule has 6 heteroatoms. The first kappa shape index (κ1) is 15.3. The maximum Gasteiger partial charge on any atom is 0.240 e. The van der Waals surface area contributed by atoms with Gasteiger partial charge in [-0.3, -0.25) is 4.79 Å². The van der Waals surface area contributed by atoms with Crippen LogP contribution in [0.3, 0.4) is 0 Å². The van der Waals surface area contributed by atoms with Crippen molar-refractivity contribution in [2.45, 2.75) is 38.1 Å². The van der Waals surface area contributed by atoms with E-state index in [-0.39, 0.29) is 17.4 Å². The number of rotatable bonds is 3. The summed E-state index contributed by atoms with van der Waals surface area (Å²) in [5.74, 6) is 2.21. The lowest BCUT2D eigenvalue weighted by atomic mass is 9.87. The average molecular weight is 314 g/mol. The number of fused-ring (bicyclic) bond motifs is 2. The summed E-state index contributed by atoms with van der Waals surface area (Å²) in [6, 6.07) is -0.571. The molecule has 3 aliphatic rings. The van der Waals surface area contributed by atoms with E-state index in [0.717, 1.165) is 18.4 Å². The summed E-state index contributed by atoms with van der Waals surface area (Å²) in [4.78, 5) is 14.4. The van der Waals surface area contributed by atoms with Gasteiger partial charge < -0.3 is 10.2 Å². The Kier molecular flexibility index (Phi) is 4.28. The van der Waals surface area contributed by atoms with E-state index in [4.69, 9.17) is 0 Å². The highest BCUT2D eigenvalue weighted by Gasteiger charge is 2.40. The number of hydrogen-bond donors (Lipinski definition) is 1. The first-order valence-electron chi connectivity index (χ1n) is 8.15. The van der Waals surface area contributed by atoms with Crippen molar-refractivity contribution in [1.82, 2.24) is 10.2 Å². The summed E-state index contributed by atoms with van der Waals surface area (Å²) in [6.07, 6.45) is 6.50. The first-order chi connectivity index (χ1) is 9.98. The normalized spacial score (nSPS) is 39.3. The van der Waals surface area contributed by atoms with Crippen molar-refractivity contribution in [3.63, 3.8) is 0 Å². The highest BCUT2D eigenvalue weighted by atomic mass is 32.2. The van der Waals surface area contributed by atoms with E-state index >= 15 is 0 Å². The topological polar surface area (TPSA) is 66.5 Å². The van der Waals surface area contributed by atoms with Gasteiger partial charge in [0, 0.05) is 13.1 Å². The quantitative estimate of drug-likeness (QED) is 0.831. The molecule has 3 rings (SSSR count). The second kappa shape index (κ2) is 5.88. The molecule has 1 heterocycles. The molecule has 21 heavy (non-hydrogen) atoms. The van der Waals surface area contributed by atoms with Crippen LogP contribution in [0.5, 0.6) is 0 Å². The smallest absolute Gasteiger partial charge is 0.240 e. The summed E-state index contributed by atoms with van der Waals surface area (Å²) in [6.45, 7) is 1.13. The van der Waals surface area contributed by atoms with Gasteiger partial charge in [-0.05, 0) is 37.6 Å². The Labute approximate surface area is 127 Å². The Hall–Kier alpha value is -0.620. The van der Waals surface area contributed by atoms with Crippen LogP contribution in [0.25, 0.3) is 0 Å². The third kappa shape index (κ3) is 3.26. The maximum absolute atomic E-state index is 12.5. The largest absolute Gasteiger partial charge is 0.340 e. The molecular weight excluding hydrogens is 288 g/mol. The molecule has 0 aromatic carbocycles. The molecule has 0 radical (unpaired) electrons. The van der Waals surface area contributed by atoms with E-state index in [2.05, 4.69) is 5.32 Å². The number of likely N-dealkylation sites (N-methyl/N-ethyl adjacent to an activating group) is 1. The van der Waals surface area contributed by atoms with Gasteiger partial charge in [0.25, 0.3) is 0 Å². The molecule has 0 aromatic rings. The van der Waals surface area contributed by atoms with Crippen LogP contribution in [0.1, 0.15) is 32.1 Å². The van der Waals surface area contributed by atoms with E-state index < -0.39 is 15.9 Å². The molecule has 3 fully saturated rings. The molecule has 120 valence electrons. The van der Waals surface area contributed by atoms with Gasteiger partial charge in [0.1, 0.15) is 6.04 Å². The van der Waals surface area contributed by atoms with E-state index in [1.54, 1.807) is 7.05 Å². The summed E-state index contributed by atoms with van der Waals surface area (Å²) >= 11 is 0. The van der Waals surface area contributed by atoms with Crippen molar-refractivity contribution in [2.75, 3.05) is 31.6 Å². The van der Waals surface area contributed by atoms with E-state index in [1.807, 2.05) is 4.90 Å². The van der Waals surface area contributed by atoms with Crippen molar-refractivity contribution in [3.8, 4) is 0 Å². The number of carbonyl (C=O) groups excluding carboxylic acids is 1. The Morgan fingerprint density at radius 1 is 1.29 bits per heavy atom. The Bertz CT molecular complexity index is 505. The zero-order chi connectivity index (χ0) is 15.0. The molecule has 2 aliphatic carbocycles. The molecule has 5 nitrogen and oxygen atoms in total. The number of hydrogen-bond acceptors (Lipinski definition) is 4. The van der Waals surface area contributed by atoms with Crippen molar-refractivity contribution in [2.24, 2.45) is 17.8 Å². The number of nitrogens with one attached hydrogen (secondary N) is 1. The van der Waals surface area contributed by atoms with Gasteiger partial charge >= 0.3 is 0 Å². The second-order valence-electron chi connectivity index (χ2n) is 7.03. The number of carbonyl (C=O) groups is 1. The molecule has 4 atom stereocenters. The van der Waals surface area contributed by atoms with Crippen LogP contribution in [-0.4, -0.2) is 56.9 Å². The van der Waals surface area contributed by atoms with Gasteiger partial charge in [-0.25, -0.2) is 8.42 Å². The van der Waals surface area contributed by atoms with Gasteiger partial charge in [0.2, 0.25) is 5.91 Å². The summed E-state index contributed by atoms with van der Waals surface area (Å²) in [7, 11) is -1.45. The summed E-state index contributed by atoms with van der Waals surface area (Å²) in [5, 5.41) is 2.88. The molecule has 0 aromatic heterocycles. The molecule has 4 unspecified atom stereocenters. The minimum atomic E-state index is -3.12. The molecule has 0 spiro atoms.